The van der Waals surface area contributed by atoms with Crippen LogP contribution in [0.25, 0.3) is 0 Å². The molecule has 0 spiro atoms. The standard InChI is InChI=1S/C17H23N3O/c1-9-7-10(2)16(11(3)8-9)18-17(21)12(4)15-13(5)19-20-14(15)6/h7-8,12H,1-6H3,(H,18,21)(H,19,20). The zero-order valence-electron chi connectivity index (χ0n) is 13.6. The Morgan fingerprint density at radius 3 is 2.19 bits per heavy atom. The lowest BCUT2D eigenvalue weighted by Crippen LogP contribution is -2.21. The molecular weight excluding hydrogens is 262 g/mol. The highest BCUT2D eigenvalue weighted by molar-refractivity contribution is 5.97. The highest BCUT2D eigenvalue weighted by Crippen LogP contribution is 2.26. The van der Waals surface area contributed by atoms with E-state index in [0.717, 1.165) is 33.8 Å². The van der Waals surface area contributed by atoms with Gasteiger partial charge in [0.05, 0.1) is 11.6 Å². The fourth-order valence-corrected chi connectivity index (χ4v) is 2.94. The number of carbonyl (C=O) groups is 1. The van der Waals surface area contributed by atoms with E-state index in [9.17, 15) is 4.79 Å². The fraction of sp³-hybridized carbons (Fsp3) is 0.412. The van der Waals surface area contributed by atoms with Crippen molar-refractivity contribution < 1.29 is 4.79 Å². The van der Waals surface area contributed by atoms with E-state index in [1.807, 2.05) is 34.6 Å². The molecule has 1 atom stereocenters. The summed E-state index contributed by atoms with van der Waals surface area (Å²) in [7, 11) is 0. The number of amides is 1. The zero-order chi connectivity index (χ0) is 15.7. The number of nitrogens with one attached hydrogen (secondary N) is 2. The Hall–Kier alpha value is -2.10. The molecule has 0 aliphatic heterocycles. The van der Waals surface area contributed by atoms with Crippen molar-refractivity contribution in [2.24, 2.45) is 0 Å². The minimum atomic E-state index is -0.233. The smallest absolute Gasteiger partial charge is 0.231 e. The first-order chi connectivity index (χ1) is 9.81. The van der Waals surface area contributed by atoms with Crippen molar-refractivity contribution in [3.63, 3.8) is 0 Å². The van der Waals surface area contributed by atoms with Gasteiger partial charge in [-0.15, -0.1) is 0 Å². The summed E-state index contributed by atoms with van der Waals surface area (Å²) in [5, 5.41) is 10.2. The van der Waals surface area contributed by atoms with Crippen LogP contribution in [-0.2, 0) is 4.79 Å². The third-order valence-electron chi connectivity index (χ3n) is 3.94. The molecule has 1 amide bonds. The van der Waals surface area contributed by atoms with Gasteiger partial charge in [0, 0.05) is 16.9 Å². The number of hydrogen-bond donors (Lipinski definition) is 2. The van der Waals surface area contributed by atoms with Crippen molar-refractivity contribution in [3.8, 4) is 0 Å². The van der Waals surface area contributed by atoms with Crippen LogP contribution in [0.5, 0.6) is 0 Å². The minimum Gasteiger partial charge on any atom is -0.325 e. The maximum atomic E-state index is 12.6. The Morgan fingerprint density at radius 2 is 1.71 bits per heavy atom. The van der Waals surface area contributed by atoms with Gasteiger partial charge in [-0.1, -0.05) is 17.7 Å². The molecule has 4 nitrogen and oxygen atoms in total. The zero-order valence-corrected chi connectivity index (χ0v) is 13.6. The normalized spacial score (nSPS) is 12.3. The third kappa shape index (κ3) is 2.99. The van der Waals surface area contributed by atoms with Crippen LogP contribution in [0.3, 0.4) is 0 Å². The first kappa shape index (κ1) is 15.3. The molecule has 0 fully saturated rings. The number of hydrogen-bond acceptors (Lipinski definition) is 2. The minimum absolute atomic E-state index is 0.00217. The number of aromatic nitrogens is 2. The summed E-state index contributed by atoms with van der Waals surface area (Å²) >= 11 is 0. The van der Waals surface area contributed by atoms with E-state index in [2.05, 4.69) is 34.6 Å². The highest BCUT2D eigenvalue weighted by Gasteiger charge is 2.22. The van der Waals surface area contributed by atoms with Crippen LogP contribution in [0.1, 0.15) is 46.5 Å². The monoisotopic (exact) mass is 285 g/mol. The Balaban J connectivity index is 2.27. The molecule has 0 bridgehead atoms. The Kier molecular flexibility index (Phi) is 4.16. The van der Waals surface area contributed by atoms with Crippen LogP contribution in [0, 0.1) is 34.6 Å². The molecule has 2 N–H and O–H groups in total. The summed E-state index contributed by atoms with van der Waals surface area (Å²) in [5.74, 6) is -0.235. The van der Waals surface area contributed by atoms with Gasteiger partial charge in [-0.2, -0.15) is 5.10 Å². The second kappa shape index (κ2) is 5.72. The SMILES string of the molecule is Cc1cc(C)c(NC(=O)C(C)c2c(C)n[nH]c2C)c(C)c1. The largest absolute Gasteiger partial charge is 0.325 e. The lowest BCUT2D eigenvalue weighted by Gasteiger charge is -2.16. The molecule has 4 heteroatoms. The molecule has 0 aliphatic carbocycles. The molecule has 2 rings (SSSR count). The van der Waals surface area contributed by atoms with Crippen molar-refractivity contribution in [1.82, 2.24) is 10.2 Å². The first-order valence-electron chi connectivity index (χ1n) is 7.21. The average molecular weight is 285 g/mol. The number of anilines is 1. The van der Waals surface area contributed by atoms with E-state index >= 15 is 0 Å². The van der Waals surface area contributed by atoms with Crippen molar-refractivity contribution in [2.75, 3.05) is 5.32 Å². The molecule has 1 heterocycles. The number of benzene rings is 1. The van der Waals surface area contributed by atoms with Gasteiger partial charge in [-0.25, -0.2) is 0 Å². The summed E-state index contributed by atoms with van der Waals surface area (Å²) in [6, 6.07) is 4.17. The summed E-state index contributed by atoms with van der Waals surface area (Å²) in [6.07, 6.45) is 0. The van der Waals surface area contributed by atoms with Crippen molar-refractivity contribution in [1.29, 1.82) is 0 Å². The molecule has 0 saturated carbocycles. The first-order valence-corrected chi connectivity index (χ1v) is 7.21. The molecule has 0 radical (unpaired) electrons. The summed E-state index contributed by atoms with van der Waals surface area (Å²) < 4.78 is 0. The molecular formula is C17H23N3O. The van der Waals surface area contributed by atoms with Crippen LogP contribution in [0.2, 0.25) is 0 Å². The van der Waals surface area contributed by atoms with Crippen molar-refractivity contribution in [2.45, 2.75) is 47.5 Å². The molecule has 1 aromatic carbocycles. The second-order valence-electron chi connectivity index (χ2n) is 5.83. The van der Waals surface area contributed by atoms with Crippen molar-refractivity contribution in [3.05, 3.63) is 45.8 Å². The van der Waals surface area contributed by atoms with Crippen LogP contribution in [0.4, 0.5) is 5.69 Å². The second-order valence-corrected chi connectivity index (χ2v) is 5.83. The maximum absolute atomic E-state index is 12.6. The third-order valence-corrected chi connectivity index (χ3v) is 3.94. The quantitative estimate of drug-likeness (QED) is 0.903. The molecule has 0 aliphatic rings. The van der Waals surface area contributed by atoms with Crippen LogP contribution < -0.4 is 5.32 Å². The van der Waals surface area contributed by atoms with Gasteiger partial charge >= 0.3 is 0 Å². The van der Waals surface area contributed by atoms with E-state index in [1.54, 1.807) is 0 Å². The van der Waals surface area contributed by atoms with Gasteiger partial charge in [-0.3, -0.25) is 9.89 Å². The van der Waals surface area contributed by atoms with E-state index in [-0.39, 0.29) is 11.8 Å². The van der Waals surface area contributed by atoms with Gasteiger partial charge in [0.1, 0.15) is 0 Å². The predicted octanol–water partition coefficient (Wildman–Crippen LogP) is 3.69. The Morgan fingerprint density at radius 1 is 1.14 bits per heavy atom. The number of aryl methyl sites for hydroxylation is 5. The van der Waals surface area contributed by atoms with Gasteiger partial charge in [0.2, 0.25) is 5.91 Å². The van der Waals surface area contributed by atoms with Gasteiger partial charge in [0.25, 0.3) is 0 Å². The predicted molar refractivity (Wildman–Crippen MR) is 85.8 cm³/mol. The highest BCUT2D eigenvalue weighted by atomic mass is 16.1. The number of H-pyrrole nitrogens is 1. The number of nitrogens with zero attached hydrogens (tertiary/aromatic N) is 1. The van der Waals surface area contributed by atoms with Crippen LogP contribution in [-0.4, -0.2) is 16.1 Å². The summed E-state index contributed by atoms with van der Waals surface area (Å²) in [4.78, 5) is 12.6. The van der Waals surface area contributed by atoms with Gasteiger partial charge < -0.3 is 5.32 Å². The Labute approximate surface area is 126 Å². The van der Waals surface area contributed by atoms with E-state index < -0.39 is 0 Å². The van der Waals surface area contributed by atoms with Gasteiger partial charge in [-0.05, 0) is 52.7 Å². The summed E-state index contributed by atoms with van der Waals surface area (Å²) in [6.45, 7) is 11.9. The van der Waals surface area contributed by atoms with Gasteiger partial charge in [0.15, 0.2) is 0 Å². The molecule has 0 saturated heterocycles. The molecule has 2 aromatic rings. The molecule has 21 heavy (non-hydrogen) atoms. The number of aromatic amines is 1. The van der Waals surface area contributed by atoms with Crippen LogP contribution >= 0.6 is 0 Å². The summed E-state index contributed by atoms with van der Waals surface area (Å²) in [5.41, 5.74) is 7.12. The van der Waals surface area contributed by atoms with Crippen molar-refractivity contribution >= 4 is 11.6 Å². The van der Waals surface area contributed by atoms with E-state index in [4.69, 9.17) is 0 Å². The molecule has 1 unspecified atom stereocenters. The van der Waals surface area contributed by atoms with Crippen LogP contribution in [0.15, 0.2) is 12.1 Å². The Bertz CT molecular complexity index is 643. The lowest BCUT2D eigenvalue weighted by molar-refractivity contribution is -0.117. The maximum Gasteiger partial charge on any atom is 0.231 e. The number of carbonyl (C=O) groups excluding carboxylic acids is 1. The number of rotatable bonds is 3. The average Bonchev–Trinajstić information content (AvgIpc) is 2.72. The fourth-order valence-electron chi connectivity index (χ4n) is 2.94. The lowest BCUT2D eigenvalue weighted by atomic mass is 9.97. The van der Waals surface area contributed by atoms with E-state index in [1.165, 1.54) is 5.56 Å². The topological polar surface area (TPSA) is 57.8 Å². The molecule has 112 valence electrons. The molecule has 1 aromatic heterocycles. The van der Waals surface area contributed by atoms with E-state index in [0.29, 0.717) is 0 Å².